The molecule has 0 saturated heterocycles. The van der Waals surface area contributed by atoms with Crippen LogP contribution in [0.4, 0.5) is 11.5 Å². The molecule has 3 rings (SSSR count). The lowest BCUT2D eigenvalue weighted by molar-refractivity contribution is 0.568. The number of rotatable bonds is 4. The van der Waals surface area contributed by atoms with Crippen molar-refractivity contribution < 1.29 is 0 Å². The second-order valence-electron chi connectivity index (χ2n) is 4.78. The number of aromatic nitrogens is 1. The van der Waals surface area contributed by atoms with E-state index in [4.69, 9.17) is 5.73 Å². The summed E-state index contributed by atoms with van der Waals surface area (Å²) in [5, 5.41) is 3.58. The van der Waals surface area contributed by atoms with Gasteiger partial charge in [-0.05, 0) is 49.7 Å². The molecule has 0 spiro atoms. The van der Waals surface area contributed by atoms with E-state index in [1.807, 2.05) is 12.1 Å². The van der Waals surface area contributed by atoms with Crippen LogP contribution in [0.3, 0.4) is 0 Å². The molecule has 3 heteroatoms. The van der Waals surface area contributed by atoms with E-state index in [1.165, 1.54) is 25.7 Å². The lowest BCUT2D eigenvalue weighted by Gasteiger charge is -2.19. The Labute approximate surface area is 90.1 Å². The molecule has 15 heavy (non-hydrogen) atoms. The Morgan fingerprint density at radius 2 is 1.93 bits per heavy atom. The summed E-state index contributed by atoms with van der Waals surface area (Å²) in [4.78, 5) is 4.11. The maximum atomic E-state index is 5.84. The fourth-order valence-electron chi connectivity index (χ4n) is 2.25. The number of pyridine rings is 1. The van der Waals surface area contributed by atoms with E-state index in [9.17, 15) is 0 Å². The minimum atomic E-state index is 0.629. The van der Waals surface area contributed by atoms with Gasteiger partial charge in [0.05, 0.1) is 5.69 Å². The molecular formula is C12H17N3. The normalized spacial score (nSPS) is 20.6. The van der Waals surface area contributed by atoms with E-state index in [0.717, 1.165) is 17.5 Å². The number of nitrogen functional groups attached to an aromatic ring is 1. The van der Waals surface area contributed by atoms with Crippen molar-refractivity contribution in [3.05, 3.63) is 18.3 Å². The highest BCUT2D eigenvalue weighted by molar-refractivity contribution is 5.61. The largest absolute Gasteiger partial charge is 0.382 e. The van der Waals surface area contributed by atoms with Crippen LogP contribution in [0.5, 0.6) is 0 Å². The number of hydrogen-bond donors (Lipinski definition) is 2. The minimum absolute atomic E-state index is 0.629. The Bertz CT molecular complexity index is 344. The SMILES string of the molecule is Nc1ncccc1NC(C1CC1)C1CC1. The molecule has 0 radical (unpaired) electrons. The van der Waals surface area contributed by atoms with Crippen LogP contribution in [-0.4, -0.2) is 11.0 Å². The summed E-state index contributed by atoms with van der Waals surface area (Å²) >= 11 is 0. The summed E-state index contributed by atoms with van der Waals surface area (Å²) < 4.78 is 0. The molecule has 3 nitrogen and oxygen atoms in total. The molecule has 2 aliphatic carbocycles. The van der Waals surface area contributed by atoms with Crippen molar-refractivity contribution in [1.82, 2.24) is 4.98 Å². The van der Waals surface area contributed by atoms with Crippen LogP contribution < -0.4 is 11.1 Å². The van der Waals surface area contributed by atoms with Crippen LogP contribution in [0, 0.1) is 11.8 Å². The molecule has 2 saturated carbocycles. The molecule has 0 aliphatic heterocycles. The Morgan fingerprint density at radius 1 is 1.27 bits per heavy atom. The highest BCUT2D eigenvalue weighted by Gasteiger charge is 2.41. The third-order valence-corrected chi connectivity index (χ3v) is 3.42. The second kappa shape index (κ2) is 3.40. The highest BCUT2D eigenvalue weighted by atomic mass is 15.0. The number of nitrogens with two attached hydrogens (primary N) is 1. The molecule has 1 heterocycles. The Hall–Kier alpha value is -1.25. The fourth-order valence-corrected chi connectivity index (χ4v) is 2.25. The van der Waals surface area contributed by atoms with Crippen molar-refractivity contribution >= 4 is 11.5 Å². The highest BCUT2D eigenvalue weighted by Crippen LogP contribution is 2.46. The van der Waals surface area contributed by atoms with Gasteiger partial charge in [0.15, 0.2) is 0 Å². The molecule has 0 amide bonds. The zero-order chi connectivity index (χ0) is 10.3. The third kappa shape index (κ3) is 1.91. The predicted molar refractivity (Wildman–Crippen MR) is 61.5 cm³/mol. The van der Waals surface area contributed by atoms with Gasteiger partial charge in [-0.3, -0.25) is 0 Å². The van der Waals surface area contributed by atoms with Gasteiger partial charge in [0, 0.05) is 12.2 Å². The van der Waals surface area contributed by atoms with E-state index < -0.39 is 0 Å². The summed E-state index contributed by atoms with van der Waals surface area (Å²) in [7, 11) is 0. The van der Waals surface area contributed by atoms with Gasteiger partial charge < -0.3 is 11.1 Å². The van der Waals surface area contributed by atoms with Crippen LogP contribution >= 0.6 is 0 Å². The molecule has 0 atom stereocenters. The van der Waals surface area contributed by atoms with E-state index in [-0.39, 0.29) is 0 Å². The maximum absolute atomic E-state index is 5.84. The maximum Gasteiger partial charge on any atom is 0.146 e. The third-order valence-electron chi connectivity index (χ3n) is 3.42. The molecule has 0 bridgehead atoms. The molecule has 1 aromatic rings. The average Bonchev–Trinajstić information content (AvgIpc) is 3.10. The first kappa shape index (κ1) is 9.01. The summed E-state index contributed by atoms with van der Waals surface area (Å²) in [6.45, 7) is 0. The van der Waals surface area contributed by atoms with Gasteiger partial charge in [-0.25, -0.2) is 4.98 Å². The zero-order valence-electron chi connectivity index (χ0n) is 8.82. The quantitative estimate of drug-likeness (QED) is 0.789. The first-order valence-electron chi connectivity index (χ1n) is 5.81. The molecule has 3 N–H and O–H groups in total. The smallest absolute Gasteiger partial charge is 0.146 e. The Morgan fingerprint density at radius 3 is 2.47 bits per heavy atom. The zero-order valence-corrected chi connectivity index (χ0v) is 8.82. The van der Waals surface area contributed by atoms with Gasteiger partial charge in [0.2, 0.25) is 0 Å². The molecule has 0 unspecified atom stereocenters. The van der Waals surface area contributed by atoms with Crippen LogP contribution in [0.2, 0.25) is 0 Å². The van der Waals surface area contributed by atoms with Crippen molar-refractivity contribution in [2.24, 2.45) is 11.8 Å². The van der Waals surface area contributed by atoms with Crippen molar-refractivity contribution in [3.8, 4) is 0 Å². The molecule has 80 valence electrons. The van der Waals surface area contributed by atoms with Gasteiger partial charge in [0.25, 0.3) is 0 Å². The van der Waals surface area contributed by atoms with Crippen LogP contribution in [0.1, 0.15) is 25.7 Å². The number of nitrogens with zero attached hydrogens (tertiary/aromatic N) is 1. The van der Waals surface area contributed by atoms with E-state index in [0.29, 0.717) is 11.9 Å². The second-order valence-corrected chi connectivity index (χ2v) is 4.78. The number of anilines is 2. The topological polar surface area (TPSA) is 50.9 Å². The van der Waals surface area contributed by atoms with Gasteiger partial charge in [-0.2, -0.15) is 0 Å². The molecule has 1 aromatic heterocycles. The predicted octanol–water partition coefficient (Wildman–Crippen LogP) is 2.26. The summed E-state index contributed by atoms with van der Waals surface area (Å²) in [5.41, 5.74) is 6.85. The lowest BCUT2D eigenvalue weighted by atomic mass is 10.1. The van der Waals surface area contributed by atoms with Crippen molar-refractivity contribution in [2.45, 2.75) is 31.7 Å². The van der Waals surface area contributed by atoms with Gasteiger partial charge in [-0.15, -0.1) is 0 Å². The van der Waals surface area contributed by atoms with Crippen LogP contribution in [0.25, 0.3) is 0 Å². The van der Waals surface area contributed by atoms with Gasteiger partial charge >= 0.3 is 0 Å². The van der Waals surface area contributed by atoms with E-state index in [2.05, 4.69) is 10.3 Å². The first-order valence-corrected chi connectivity index (χ1v) is 5.81. The van der Waals surface area contributed by atoms with E-state index >= 15 is 0 Å². The summed E-state index contributed by atoms with van der Waals surface area (Å²) in [5.74, 6) is 2.40. The van der Waals surface area contributed by atoms with Crippen LogP contribution in [-0.2, 0) is 0 Å². The summed E-state index contributed by atoms with van der Waals surface area (Å²) in [6, 6.07) is 4.62. The average molecular weight is 203 g/mol. The van der Waals surface area contributed by atoms with Gasteiger partial charge in [-0.1, -0.05) is 0 Å². The van der Waals surface area contributed by atoms with E-state index in [1.54, 1.807) is 6.20 Å². The summed E-state index contributed by atoms with van der Waals surface area (Å²) in [6.07, 6.45) is 7.27. The number of hydrogen-bond acceptors (Lipinski definition) is 3. The minimum Gasteiger partial charge on any atom is -0.382 e. The monoisotopic (exact) mass is 203 g/mol. The molecular weight excluding hydrogens is 186 g/mol. The van der Waals surface area contributed by atoms with Crippen molar-refractivity contribution in [3.63, 3.8) is 0 Å². The van der Waals surface area contributed by atoms with Crippen molar-refractivity contribution in [2.75, 3.05) is 11.1 Å². The standard InChI is InChI=1S/C12H17N3/c13-12-10(2-1-7-14-12)15-11(8-3-4-8)9-5-6-9/h1-2,7-9,11,15H,3-6H2,(H2,13,14). The first-order chi connectivity index (χ1) is 7.34. The molecule has 2 aliphatic rings. The number of nitrogens with one attached hydrogen (secondary N) is 1. The van der Waals surface area contributed by atoms with Crippen molar-refractivity contribution in [1.29, 1.82) is 0 Å². The van der Waals surface area contributed by atoms with Gasteiger partial charge in [0.1, 0.15) is 5.82 Å². The Balaban J connectivity index is 1.74. The fraction of sp³-hybridized carbons (Fsp3) is 0.583. The van der Waals surface area contributed by atoms with Crippen LogP contribution in [0.15, 0.2) is 18.3 Å². The Kier molecular flexibility index (Phi) is 2.04. The molecule has 2 fully saturated rings. The lowest BCUT2D eigenvalue weighted by Crippen LogP contribution is -2.24. The molecule has 0 aromatic carbocycles.